The third-order valence-corrected chi connectivity index (χ3v) is 6.77. The summed E-state index contributed by atoms with van der Waals surface area (Å²) < 4.78 is 8.49. The Morgan fingerprint density at radius 1 is 1.10 bits per heavy atom. The summed E-state index contributed by atoms with van der Waals surface area (Å²) in [5, 5.41) is 12.1. The molecule has 1 aromatic rings. The lowest BCUT2D eigenvalue weighted by atomic mass is 9.99. The number of aromatic nitrogens is 3. The van der Waals surface area contributed by atoms with Crippen molar-refractivity contribution in [3.8, 4) is 0 Å². The van der Waals surface area contributed by atoms with Crippen molar-refractivity contribution in [3.63, 3.8) is 0 Å². The molecular formula is C21H37IN6O. The minimum atomic E-state index is 0. The molecule has 1 unspecified atom stereocenters. The number of guanidine groups is 1. The summed E-state index contributed by atoms with van der Waals surface area (Å²) in [7, 11) is 1.90. The normalized spacial score (nSPS) is 23.7. The van der Waals surface area contributed by atoms with E-state index >= 15 is 0 Å². The lowest BCUT2D eigenvalue weighted by Crippen LogP contribution is -2.48. The highest BCUT2D eigenvalue weighted by Crippen LogP contribution is 2.26. The summed E-state index contributed by atoms with van der Waals surface area (Å²) in [5.41, 5.74) is 0. The van der Waals surface area contributed by atoms with Crippen molar-refractivity contribution >= 4 is 29.9 Å². The van der Waals surface area contributed by atoms with E-state index in [1.54, 1.807) is 0 Å². The third kappa shape index (κ3) is 5.83. The van der Waals surface area contributed by atoms with Gasteiger partial charge in [0.2, 0.25) is 0 Å². The first kappa shape index (κ1) is 22.8. The molecule has 29 heavy (non-hydrogen) atoms. The molecule has 0 bridgehead atoms. The Hall–Kier alpha value is -0.900. The maximum atomic E-state index is 6.22. The molecule has 1 saturated carbocycles. The molecule has 4 rings (SSSR count). The van der Waals surface area contributed by atoms with Crippen LogP contribution in [0.25, 0.3) is 0 Å². The maximum absolute atomic E-state index is 6.22. The fourth-order valence-electron chi connectivity index (χ4n) is 4.95. The number of piperidine rings is 1. The number of ether oxygens (including phenoxy) is 1. The molecule has 1 atom stereocenters. The highest BCUT2D eigenvalue weighted by molar-refractivity contribution is 14.0. The predicted molar refractivity (Wildman–Crippen MR) is 126 cm³/mol. The molecule has 3 heterocycles. The van der Waals surface area contributed by atoms with Crippen LogP contribution in [0, 0.1) is 18.8 Å². The Labute approximate surface area is 192 Å². The van der Waals surface area contributed by atoms with E-state index < -0.39 is 0 Å². The third-order valence-electron chi connectivity index (χ3n) is 6.77. The minimum Gasteiger partial charge on any atom is -0.378 e. The number of nitrogens with one attached hydrogen (secondary N) is 1. The summed E-state index contributed by atoms with van der Waals surface area (Å²) in [6.45, 7) is 7.06. The fraction of sp³-hybridized carbons (Fsp3) is 0.857. The first-order chi connectivity index (χ1) is 13.7. The second-order valence-corrected chi connectivity index (χ2v) is 8.78. The van der Waals surface area contributed by atoms with Gasteiger partial charge in [0.25, 0.3) is 0 Å². The Balaban J connectivity index is 0.00000240. The molecule has 2 fully saturated rings. The van der Waals surface area contributed by atoms with E-state index in [-0.39, 0.29) is 24.0 Å². The van der Waals surface area contributed by atoms with Crippen LogP contribution in [0.1, 0.15) is 56.6 Å². The monoisotopic (exact) mass is 516 g/mol. The minimum absolute atomic E-state index is 0. The van der Waals surface area contributed by atoms with Gasteiger partial charge in [0.15, 0.2) is 5.96 Å². The van der Waals surface area contributed by atoms with Crippen molar-refractivity contribution in [3.05, 3.63) is 11.6 Å². The van der Waals surface area contributed by atoms with Gasteiger partial charge >= 0.3 is 0 Å². The average molecular weight is 516 g/mol. The second-order valence-electron chi connectivity index (χ2n) is 8.78. The van der Waals surface area contributed by atoms with Crippen molar-refractivity contribution in [2.75, 3.05) is 33.3 Å². The molecular weight excluding hydrogens is 479 g/mol. The van der Waals surface area contributed by atoms with Crippen LogP contribution in [0.4, 0.5) is 0 Å². The molecule has 3 aliphatic rings. The quantitative estimate of drug-likeness (QED) is 0.370. The predicted octanol–water partition coefficient (Wildman–Crippen LogP) is 3.01. The molecule has 2 aliphatic heterocycles. The Morgan fingerprint density at radius 3 is 2.59 bits per heavy atom. The SMILES string of the molecule is CN=C(NCC1CCc2nnc(C)n2C1)N1CCC(OCC2CCCC2)CC1.I. The molecule has 1 aromatic heterocycles. The van der Waals surface area contributed by atoms with Gasteiger partial charge in [-0.2, -0.15) is 0 Å². The van der Waals surface area contributed by atoms with Gasteiger partial charge < -0.3 is 19.5 Å². The zero-order valence-corrected chi connectivity index (χ0v) is 20.3. The standard InChI is InChI=1S/C21H36N6O.HI/c1-16-24-25-20-8-7-18(14-27(16)20)13-23-21(22-2)26-11-9-19(10-12-26)28-15-17-5-3-4-6-17;/h17-19H,3-15H2,1-2H3,(H,22,23);1H. The highest BCUT2D eigenvalue weighted by Gasteiger charge is 2.25. The van der Waals surface area contributed by atoms with E-state index in [0.29, 0.717) is 12.0 Å². The second kappa shape index (κ2) is 10.9. The van der Waals surface area contributed by atoms with Gasteiger partial charge in [-0.15, -0.1) is 34.2 Å². The first-order valence-electron chi connectivity index (χ1n) is 11.2. The van der Waals surface area contributed by atoms with Gasteiger partial charge in [-0.25, -0.2) is 0 Å². The smallest absolute Gasteiger partial charge is 0.193 e. The van der Waals surface area contributed by atoms with Crippen LogP contribution in [0.2, 0.25) is 0 Å². The van der Waals surface area contributed by atoms with Crippen molar-refractivity contribution in [1.29, 1.82) is 0 Å². The van der Waals surface area contributed by atoms with Gasteiger partial charge in [0.1, 0.15) is 11.6 Å². The van der Waals surface area contributed by atoms with Crippen LogP contribution in [0.3, 0.4) is 0 Å². The molecule has 0 aromatic carbocycles. The number of nitrogens with zero attached hydrogens (tertiary/aromatic N) is 5. The molecule has 1 saturated heterocycles. The summed E-state index contributed by atoms with van der Waals surface area (Å²) in [4.78, 5) is 6.94. The van der Waals surface area contributed by atoms with E-state index in [1.165, 1.54) is 32.1 Å². The maximum Gasteiger partial charge on any atom is 0.193 e. The topological polar surface area (TPSA) is 67.6 Å². The van der Waals surface area contributed by atoms with Gasteiger partial charge in [-0.1, -0.05) is 12.8 Å². The van der Waals surface area contributed by atoms with Crippen molar-refractivity contribution in [2.24, 2.45) is 16.8 Å². The first-order valence-corrected chi connectivity index (χ1v) is 11.2. The number of aliphatic imine (C=N–C) groups is 1. The zero-order valence-electron chi connectivity index (χ0n) is 18.0. The number of fused-ring (bicyclic) bond motifs is 1. The molecule has 1 aliphatic carbocycles. The molecule has 0 spiro atoms. The highest BCUT2D eigenvalue weighted by atomic mass is 127. The number of hydrogen-bond acceptors (Lipinski definition) is 4. The van der Waals surface area contributed by atoms with E-state index in [9.17, 15) is 0 Å². The van der Waals surface area contributed by atoms with E-state index in [1.807, 2.05) is 14.0 Å². The Bertz CT molecular complexity index is 664. The Morgan fingerprint density at radius 2 is 1.86 bits per heavy atom. The molecule has 0 radical (unpaired) electrons. The van der Waals surface area contributed by atoms with E-state index in [0.717, 1.165) is 75.6 Å². The number of aryl methyl sites for hydroxylation is 2. The van der Waals surface area contributed by atoms with Gasteiger partial charge in [-0.05, 0) is 50.9 Å². The fourth-order valence-corrected chi connectivity index (χ4v) is 4.95. The largest absolute Gasteiger partial charge is 0.378 e. The lowest BCUT2D eigenvalue weighted by Gasteiger charge is -2.35. The van der Waals surface area contributed by atoms with E-state index in [4.69, 9.17) is 4.74 Å². The van der Waals surface area contributed by atoms with Crippen LogP contribution in [0.5, 0.6) is 0 Å². The summed E-state index contributed by atoms with van der Waals surface area (Å²) in [5.74, 6) is 4.63. The van der Waals surface area contributed by atoms with Crippen molar-refractivity contribution in [2.45, 2.75) is 70.9 Å². The number of rotatable bonds is 5. The van der Waals surface area contributed by atoms with Crippen molar-refractivity contribution in [1.82, 2.24) is 25.0 Å². The number of halogens is 1. The summed E-state index contributed by atoms with van der Waals surface area (Å²) in [6.07, 6.45) is 10.4. The van der Waals surface area contributed by atoms with E-state index in [2.05, 4.69) is 30.0 Å². The molecule has 1 N–H and O–H groups in total. The van der Waals surface area contributed by atoms with Crippen LogP contribution >= 0.6 is 24.0 Å². The number of hydrogen-bond donors (Lipinski definition) is 1. The van der Waals surface area contributed by atoms with Crippen molar-refractivity contribution < 1.29 is 4.74 Å². The molecule has 164 valence electrons. The van der Waals surface area contributed by atoms with Crippen LogP contribution < -0.4 is 5.32 Å². The van der Waals surface area contributed by atoms with Crippen LogP contribution in [-0.4, -0.2) is 65.0 Å². The zero-order chi connectivity index (χ0) is 19.3. The van der Waals surface area contributed by atoms with Gasteiger partial charge in [-0.3, -0.25) is 4.99 Å². The van der Waals surface area contributed by atoms with Gasteiger partial charge in [0, 0.05) is 46.3 Å². The van der Waals surface area contributed by atoms with Crippen LogP contribution in [0.15, 0.2) is 4.99 Å². The average Bonchev–Trinajstić information content (AvgIpc) is 3.38. The summed E-state index contributed by atoms with van der Waals surface area (Å²) >= 11 is 0. The Kier molecular flexibility index (Phi) is 8.58. The van der Waals surface area contributed by atoms with Crippen LogP contribution in [-0.2, 0) is 17.7 Å². The molecule has 0 amide bonds. The summed E-state index contributed by atoms with van der Waals surface area (Å²) in [6, 6.07) is 0. The van der Waals surface area contributed by atoms with Gasteiger partial charge in [0.05, 0.1) is 6.10 Å². The molecule has 8 heteroatoms. The lowest BCUT2D eigenvalue weighted by molar-refractivity contribution is 0.000987. The number of likely N-dealkylation sites (tertiary alicyclic amines) is 1. The molecule has 7 nitrogen and oxygen atoms in total.